The van der Waals surface area contributed by atoms with Gasteiger partial charge in [-0.15, -0.1) is 0 Å². The van der Waals surface area contributed by atoms with Crippen LogP contribution in [0.4, 0.5) is 0 Å². The van der Waals surface area contributed by atoms with Crippen LogP contribution in [0.15, 0.2) is 16.9 Å². The summed E-state index contributed by atoms with van der Waals surface area (Å²) in [5.74, 6) is 1.19. The first-order valence-electron chi connectivity index (χ1n) is 6.60. The fourth-order valence-corrected chi connectivity index (χ4v) is 2.30. The maximum atomic E-state index is 12.2. The molecule has 0 bridgehead atoms. The van der Waals surface area contributed by atoms with Gasteiger partial charge in [0, 0.05) is 13.0 Å². The minimum Gasteiger partial charge on any atom is -0.444 e. The van der Waals surface area contributed by atoms with E-state index in [0.29, 0.717) is 18.9 Å². The number of fused-ring (bicyclic) bond motifs is 1. The van der Waals surface area contributed by atoms with E-state index in [-0.39, 0.29) is 18.0 Å². The molecule has 2 unspecified atom stereocenters. The van der Waals surface area contributed by atoms with Gasteiger partial charge in [-0.25, -0.2) is 9.97 Å². The highest BCUT2D eigenvalue weighted by molar-refractivity contribution is 5.82. The molecule has 1 aliphatic rings. The SMILES string of the molecule is Cc1cnc(C(C)NC(=O)C2Cc3nc[nH]c3CN2)o1. The van der Waals surface area contributed by atoms with Crippen molar-refractivity contribution in [3.8, 4) is 0 Å². The minimum atomic E-state index is -0.274. The Morgan fingerprint density at radius 1 is 1.55 bits per heavy atom. The van der Waals surface area contributed by atoms with E-state index in [1.807, 2.05) is 13.8 Å². The fourth-order valence-electron chi connectivity index (χ4n) is 2.30. The maximum Gasteiger partial charge on any atom is 0.238 e. The molecule has 106 valence electrons. The molecule has 20 heavy (non-hydrogen) atoms. The van der Waals surface area contributed by atoms with Crippen LogP contribution in [-0.4, -0.2) is 26.9 Å². The van der Waals surface area contributed by atoms with Gasteiger partial charge in [0.2, 0.25) is 11.8 Å². The molecule has 2 aromatic rings. The number of aromatic amines is 1. The quantitative estimate of drug-likeness (QED) is 0.762. The molecule has 2 atom stereocenters. The van der Waals surface area contributed by atoms with Crippen molar-refractivity contribution in [2.45, 2.75) is 38.9 Å². The second-order valence-corrected chi connectivity index (χ2v) is 5.00. The van der Waals surface area contributed by atoms with Crippen molar-refractivity contribution in [1.29, 1.82) is 0 Å². The summed E-state index contributed by atoms with van der Waals surface area (Å²) in [5, 5.41) is 6.10. The zero-order valence-electron chi connectivity index (χ0n) is 11.4. The number of nitrogens with zero attached hydrogens (tertiary/aromatic N) is 2. The molecule has 0 aromatic carbocycles. The topological polar surface area (TPSA) is 95.8 Å². The highest BCUT2D eigenvalue weighted by Crippen LogP contribution is 2.15. The fraction of sp³-hybridized carbons (Fsp3) is 0.462. The predicted molar refractivity (Wildman–Crippen MR) is 70.7 cm³/mol. The van der Waals surface area contributed by atoms with E-state index >= 15 is 0 Å². The second kappa shape index (κ2) is 5.09. The van der Waals surface area contributed by atoms with Gasteiger partial charge >= 0.3 is 0 Å². The largest absolute Gasteiger partial charge is 0.444 e. The lowest BCUT2D eigenvalue weighted by atomic mass is 10.0. The first-order valence-corrected chi connectivity index (χ1v) is 6.60. The Bertz CT molecular complexity index is 618. The smallest absolute Gasteiger partial charge is 0.238 e. The highest BCUT2D eigenvalue weighted by atomic mass is 16.4. The summed E-state index contributed by atoms with van der Waals surface area (Å²) < 4.78 is 5.41. The number of oxazole rings is 1. The number of aryl methyl sites for hydroxylation is 1. The van der Waals surface area contributed by atoms with E-state index in [1.54, 1.807) is 12.5 Å². The number of carbonyl (C=O) groups excluding carboxylic acids is 1. The minimum absolute atomic E-state index is 0.0676. The number of hydrogen-bond acceptors (Lipinski definition) is 5. The van der Waals surface area contributed by atoms with E-state index in [0.717, 1.165) is 17.1 Å². The van der Waals surface area contributed by atoms with Crippen molar-refractivity contribution in [1.82, 2.24) is 25.6 Å². The zero-order chi connectivity index (χ0) is 14.1. The second-order valence-electron chi connectivity index (χ2n) is 5.00. The van der Waals surface area contributed by atoms with E-state index in [4.69, 9.17) is 4.42 Å². The summed E-state index contributed by atoms with van der Waals surface area (Å²) in [5.41, 5.74) is 1.99. The number of rotatable bonds is 3. The Morgan fingerprint density at radius 2 is 2.40 bits per heavy atom. The molecule has 1 aliphatic heterocycles. The van der Waals surface area contributed by atoms with Crippen LogP contribution in [0.1, 0.15) is 36.0 Å². The molecular formula is C13H17N5O2. The normalized spacial score (nSPS) is 19.4. The van der Waals surface area contributed by atoms with Crippen molar-refractivity contribution in [2.75, 3.05) is 0 Å². The van der Waals surface area contributed by atoms with Gasteiger partial charge in [0.15, 0.2) is 0 Å². The molecule has 3 rings (SSSR count). The molecule has 0 radical (unpaired) electrons. The Morgan fingerprint density at radius 3 is 3.15 bits per heavy atom. The molecule has 3 N–H and O–H groups in total. The van der Waals surface area contributed by atoms with Crippen LogP contribution in [0.3, 0.4) is 0 Å². The molecule has 3 heterocycles. The number of carbonyl (C=O) groups is 1. The number of nitrogens with one attached hydrogen (secondary N) is 3. The van der Waals surface area contributed by atoms with Crippen molar-refractivity contribution < 1.29 is 9.21 Å². The zero-order valence-corrected chi connectivity index (χ0v) is 11.4. The standard InChI is InChI=1S/C13H17N5O2/c1-7-4-15-13(20-7)8(2)18-12(19)10-3-9-11(5-14-10)17-6-16-9/h4,6,8,10,14H,3,5H2,1-2H3,(H,16,17)(H,18,19). The third kappa shape index (κ3) is 2.44. The number of aromatic nitrogens is 3. The summed E-state index contributed by atoms with van der Waals surface area (Å²) >= 11 is 0. The Hall–Kier alpha value is -2.15. The van der Waals surface area contributed by atoms with Gasteiger partial charge in [0.05, 0.1) is 30.0 Å². The van der Waals surface area contributed by atoms with Gasteiger partial charge < -0.3 is 14.7 Å². The number of H-pyrrole nitrogens is 1. The van der Waals surface area contributed by atoms with Crippen LogP contribution in [0.5, 0.6) is 0 Å². The van der Waals surface area contributed by atoms with Gasteiger partial charge in [-0.1, -0.05) is 0 Å². The van der Waals surface area contributed by atoms with Crippen LogP contribution in [0.2, 0.25) is 0 Å². The summed E-state index contributed by atoms with van der Waals surface area (Å²) in [6.45, 7) is 4.30. The van der Waals surface area contributed by atoms with Crippen LogP contribution >= 0.6 is 0 Å². The molecule has 0 saturated carbocycles. The molecule has 0 saturated heterocycles. The van der Waals surface area contributed by atoms with Gasteiger partial charge in [0.1, 0.15) is 11.8 Å². The molecule has 7 heteroatoms. The van der Waals surface area contributed by atoms with Gasteiger partial charge in [-0.05, 0) is 13.8 Å². The Labute approximate surface area is 116 Å². The predicted octanol–water partition coefficient (Wildman–Crippen LogP) is 0.598. The van der Waals surface area contributed by atoms with Crippen LogP contribution in [-0.2, 0) is 17.8 Å². The third-order valence-electron chi connectivity index (χ3n) is 3.42. The number of imidazole rings is 1. The Kier molecular flexibility index (Phi) is 3.27. The molecule has 1 amide bonds. The lowest BCUT2D eigenvalue weighted by molar-refractivity contribution is -0.124. The van der Waals surface area contributed by atoms with Crippen molar-refractivity contribution in [3.63, 3.8) is 0 Å². The first kappa shape index (κ1) is 12.9. The molecule has 7 nitrogen and oxygen atoms in total. The summed E-state index contributed by atoms with van der Waals surface area (Å²) in [4.78, 5) is 23.6. The molecule has 0 spiro atoms. The summed E-state index contributed by atoms with van der Waals surface area (Å²) in [7, 11) is 0. The van der Waals surface area contributed by atoms with Crippen LogP contribution in [0.25, 0.3) is 0 Å². The van der Waals surface area contributed by atoms with E-state index in [9.17, 15) is 4.79 Å². The summed E-state index contributed by atoms with van der Waals surface area (Å²) in [6, 6.07) is -0.525. The van der Waals surface area contributed by atoms with E-state index < -0.39 is 0 Å². The van der Waals surface area contributed by atoms with Gasteiger partial charge in [-0.3, -0.25) is 10.1 Å². The lowest BCUT2D eigenvalue weighted by Crippen LogP contribution is -2.48. The van der Waals surface area contributed by atoms with E-state index in [1.165, 1.54) is 0 Å². The summed E-state index contributed by atoms with van der Waals surface area (Å²) in [6.07, 6.45) is 3.89. The number of hydrogen-bond donors (Lipinski definition) is 3. The third-order valence-corrected chi connectivity index (χ3v) is 3.42. The lowest BCUT2D eigenvalue weighted by Gasteiger charge is -2.23. The monoisotopic (exact) mass is 275 g/mol. The van der Waals surface area contributed by atoms with Gasteiger partial charge in [-0.2, -0.15) is 0 Å². The average molecular weight is 275 g/mol. The maximum absolute atomic E-state index is 12.2. The molecule has 0 aliphatic carbocycles. The highest BCUT2D eigenvalue weighted by Gasteiger charge is 2.27. The van der Waals surface area contributed by atoms with Crippen molar-refractivity contribution in [2.24, 2.45) is 0 Å². The number of amides is 1. The van der Waals surface area contributed by atoms with Crippen molar-refractivity contribution in [3.05, 3.63) is 35.6 Å². The van der Waals surface area contributed by atoms with Crippen molar-refractivity contribution >= 4 is 5.91 Å². The molecular weight excluding hydrogens is 258 g/mol. The average Bonchev–Trinajstić information content (AvgIpc) is 3.05. The van der Waals surface area contributed by atoms with Crippen LogP contribution in [0, 0.1) is 6.92 Å². The van der Waals surface area contributed by atoms with E-state index in [2.05, 4.69) is 25.6 Å². The molecule has 0 fully saturated rings. The first-order chi connectivity index (χ1) is 9.63. The van der Waals surface area contributed by atoms with Gasteiger partial charge in [0.25, 0.3) is 0 Å². The molecule has 2 aromatic heterocycles. The van der Waals surface area contributed by atoms with Crippen LogP contribution < -0.4 is 10.6 Å². The Balaban J connectivity index is 1.63.